The monoisotopic (exact) mass is 395 g/mol. The molecule has 2 rings (SSSR count). The van der Waals surface area contributed by atoms with E-state index in [9.17, 15) is 14.3 Å². The average Bonchev–Trinajstić information content (AvgIpc) is 2.57. The molecule has 0 aromatic heterocycles. The second-order valence-electron chi connectivity index (χ2n) is 5.64. The predicted molar refractivity (Wildman–Crippen MR) is 93.5 cm³/mol. The summed E-state index contributed by atoms with van der Waals surface area (Å²) >= 11 is 3.16. The summed E-state index contributed by atoms with van der Waals surface area (Å²) in [4.78, 5) is 11.0. The first-order valence-corrected chi connectivity index (χ1v) is 8.36. The molecule has 0 fully saturated rings. The van der Waals surface area contributed by atoms with E-state index in [0.29, 0.717) is 24.0 Å². The van der Waals surface area contributed by atoms with Crippen molar-refractivity contribution in [3.63, 3.8) is 0 Å². The molecule has 0 saturated carbocycles. The molecule has 128 valence electrons. The highest BCUT2D eigenvalue weighted by molar-refractivity contribution is 9.10. The molecule has 3 N–H and O–H groups in total. The Morgan fingerprint density at radius 2 is 2.00 bits per heavy atom. The zero-order chi connectivity index (χ0) is 17.5. The molecular formula is C18H19BrFNO3. The van der Waals surface area contributed by atoms with Crippen molar-refractivity contribution in [3.05, 3.63) is 69.4 Å². The van der Waals surface area contributed by atoms with Gasteiger partial charge in [-0.1, -0.05) is 18.2 Å². The quantitative estimate of drug-likeness (QED) is 0.641. The van der Waals surface area contributed by atoms with E-state index in [-0.39, 0.29) is 23.9 Å². The van der Waals surface area contributed by atoms with Crippen LogP contribution in [-0.4, -0.2) is 29.3 Å². The van der Waals surface area contributed by atoms with Gasteiger partial charge in [0.05, 0.1) is 10.0 Å². The van der Waals surface area contributed by atoms with Crippen molar-refractivity contribution in [1.82, 2.24) is 5.32 Å². The normalized spacial score (nSPS) is 12.1. The lowest BCUT2D eigenvalue weighted by atomic mass is 10.00. The third kappa shape index (κ3) is 5.40. The minimum atomic E-state index is -0.952. The van der Waals surface area contributed by atoms with Gasteiger partial charge in [0.2, 0.25) is 0 Å². The zero-order valence-electron chi connectivity index (χ0n) is 13.0. The minimum Gasteiger partial charge on any atom is -0.478 e. The van der Waals surface area contributed by atoms with Crippen molar-refractivity contribution in [2.45, 2.75) is 13.0 Å². The number of hydrogen-bond acceptors (Lipinski definition) is 3. The largest absolute Gasteiger partial charge is 0.478 e. The van der Waals surface area contributed by atoms with Crippen LogP contribution in [0.2, 0.25) is 0 Å². The van der Waals surface area contributed by atoms with Gasteiger partial charge >= 0.3 is 5.97 Å². The van der Waals surface area contributed by atoms with E-state index in [1.165, 1.54) is 6.07 Å². The summed E-state index contributed by atoms with van der Waals surface area (Å²) in [6.45, 7) is 1.10. The van der Waals surface area contributed by atoms with Crippen LogP contribution in [0.1, 0.15) is 21.5 Å². The number of carbonyl (C=O) groups is 1. The van der Waals surface area contributed by atoms with Gasteiger partial charge in [0.25, 0.3) is 0 Å². The Hall–Kier alpha value is -1.76. The van der Waals surface area contributed by atoms with Gasteiger partial charge in [0.1, 0.15) is 5.82 Å². The first-order chi connectivity index (χ1) is 11.5. The van der Waals surface area contributed by atoms with Crippen molar-refractivity contribution < 1.29 is 19.4 Å². The van der Waals surface area contributed by atoms with Gasteiger partial charge < -0.3 is 15.5 Å². The first-order valence-electron chi connectivity index (χ1n) is 7.57. The summed E-state index contributed by atoms with van der Waals surface area (Å²) in [5.41, 5.74) is 2.07. The molecule has 0 saturated heterocycles. The molecule has 0 bridgehead atoms. The number of aliphatic hydroxyl groups is 1. The molecule has 0 heterocycles. The number of halogens is 2. The van der Waals surface area contributed by atoms with Crippen LogP contribution >= 0.6 is 15.9 Å². The Balaban J connectivity index is 1.88. The number of aromatic carboxylic acids is 1. The van der Waals surface area contributed by atoms with Crippen LogP contribution in [0.5, 0.6) is 0 Å². The van der Waals surface area contributed by atoms with Crippen LogP contribution in [0.15, 0.2) is 46.9 Å². The fraction of sp³-hybridized carbons (Fsp3) is 0.278. The molecule has 0 aliphatic rings. The lowest BCUT2D eigenvalue weighted by Gasteiger charge is -2.16. The van der Waals surface area contributed by atoms with Gasteiger partial charge in [-0.15, -0.1) is 0 Å². The molecule has 0 amide bonds. The number of hydrogen-bond donors (Lipinski definition) is 3. The highest BCUT2D eigenvalue weighted by Crippen LogP contribution is 2.19. The Labute approximate surface area is 148 Å². The van der Waals surface area contributed by atoms with Crippen LogP contribution in [-0.2, 0) is 13.0 Å². The van der Waals surface area contributed by atoms with E-state index in [4.69, 9.17) is 5.11 Å². The van der Waals surface area contributed by atoms with E-state index in [2.05, 4.69) is 21.2 Å². The molecule has 1 unspecified atom stereocenters. The molecule has 1 atom stereocenters. The van der Waals surface area contributed by atoms with Crippen LogP contribution in [0.25, 0.3) is 0 Å². The average molecular weight is 396 g/mol. The van der Waals surface area contributed by atoms with Crippen LogP contribution in [0, 0.1) is 11.7 Å². The van der Waals surface area contributed by atoms with Gasteiger partial charge in [-0.2, -0.15) is 0 Å². The van der Waals surface area contributed by atoms with Crippen molar-refractivity contribution in [2.24, 2.45) is 5.92 Å². The third-order valence-corrected chi connectivity index (χ3v) is 4.31. The summed E-state index contributed by atoms with van der Waals surface area (Å²) in [6.07, 6.45) is 0.623. The third-order valence-electron chi connectivity index (χ3n) is 3.70. The number of rotatable bonds is 8. The van der Waals surface area contributed by atoms with Crippen molar-refractivity contribution >= 4 is 21.9 Å². The van der Waals surface area contributed by atoms with Crippen LogP contribution < -0.4 is 5.32 Å². The molecular weight excluding hydrogens is 377 g/mol. The molecule has 24 heavy (non-hydrogen) atoms. The van der Waals surface area contributed by atoms with E-state index < -0.39 is 5.97 Å². The van der Waals surface area contributed by atoms with Gasteiger partial charge in [-0.3, -0.25) is 0 Å². The Morgan fingerprint density at radius 1 is 1.21 bits per heavy atom. The number of benzene rings is 2. The fourth-order valence-electron chi connectivity index (χ4n) is 2.44. The Bertz CT molecular complexity index is 708. The van der Waals surface area contributed by atoms with Crippen LogP contribution in [0.4, 0.5) is 4.39 Å². The fourth-order valence-corrected chi connectivity index (χ4v) is 2.86. The Kier molecular flexibility index (Phi) is 6.90. The molecule has 0 aliphatic heterocycles. The maximum absolute atomic E-state index is 13.2. The summed E-state index contributed by atoms with van der Waals surface area (Å²) in [5, 5.41) is 21.7. The number of aliphatic hydroxyl groups excluding tert-OH is 1. The summed E-state index contributed by atoms with van der Waals surface area (Å²) < 4.78 is 13.7. The maximum atomic E-state index is 13.2. The van der Waals surface area contributed by atoms with Crippen molar-refractivity contribution in [3.8, 4) is 0 Å². The molecule has 2 aromatic carbocycles. The first kappa shape index (κ1) is 18.6. The topological polar surface area (TPSA) is 69.6 Å². The molecule has 0 spiro atoms. The van der Waals surface area contributed by atoms with E-state index in [0.717, 1.165) is 11.1 Å². The number of carboxylic acids is 1. The lowest BCUT2D eigenvalue weighted by molar-refractivity contribution is 0.0696. The zero-order valence-corrected chi connectivity index (χ0v) is 14.6. The Morgan fingerprint density at radius 3 is 2.67 bits per heavy atom. The maximum Gasteiger partial charge on any atom is 0.335 e. The molecule has 0 aliphatic carbocycles. The summed E-state index contributed by atoms with van der Waals surface area (Å²) in [6, 6.07) is 11.6. The second kappa shape index (κ2) is 8.92. The second-order valence-corrected chi connectivity index (χ2v) is 6.49. The predicted octanol–water partition coefficient (Wildman–Crippen LogP) is 3.23. The number of nitrogens with one attached hydrogen (secondary N) is 1. The van der Waals surface area contributed by atoms with E-state index >= 15 is 0 Å². The number of carboxylic acid groups (broad SMARTS) is 1. The van der Waals surface area contributed by atoms with Gasteiger partial charge in [0, 0.05) is 19.7 Å². The molecule has 4 nitrogen and oxygen atoms in total. The highest BCUT2D eigenvalue weighted by Gasteiger charge is 2.10. The molecule has 0 radical (unpaired) electrons. The summed E-state index contributed by atoms with van der Waals surface area (Å²) in [7, 11) is 0. The molecule has 2 aromatic rings. The van der Waals surface area contributed by atoms with Gasteiger partial charge in [-0.25, -0.2) is 9.18 Å². The van der Waals surface area contributed by atoms with Gasteiger partial charge in [-0.05, 0) is 63.7 Å². The SMILES string of the molecule is O=C(O)c1cccc(CNCC(CO)Cc2ccc(F)c(Br)c2)c1. The summed E-state index contributed by atoms with van der Waals surface area (Å²) in [5.74, 6) is -1.27. The highest BCUT2D eigenvalue weighted by atomic mass is 79.9. The van der Waals surface area contributed by atoms with E-state index in [1.807, 2.05) is 6.07 Å². The minimum absolute atomic E-state index is 0.00924. The molecule has 6 heteroatoms. The van der Waals surface area contributed by atoms with Crippen LogP contribution in [0.3, 0.4) is 0 Å². The van der Waals surface area contributed by atoms with Crippen molar-refractivity contribution in [1.29, 1.82) is 0 Å². The standard InChI is InChI=1S/C18H19BrFNO3/c19-16-8-12(4-5-17(16)20)6-14(11-22)10-21-9-13-2-1-3-15(7-13)18(23)24/h1-5,7-8,14,21-22H,6,9-11H2,(H,23,24). The van der Waals surface area contributed by atoms with Gasteiger partial charge in [0.15, 0.2) is 0 Å². The van der Waals surface area contributed by atoms with E-state index in [1.54, 1.807) is 30.3 Å². The van der Waals surface area contributed by atoms with Crippen molar-refractivity contribution in [2.75, 3.05) is 13.2 Å². The smallest absolute Gasteiger partial charge is 0.335 e. The lowest BCUT2D eigenvalue weighted by Crippen LogP contribution is -2.26.